The number of hydrogen-bond donors (Lipinski definition) is 1. The smallest absolute Gasteiger partial charge is 0.244 e. The van der Waals surface area contributed by atoms with Crippen molar-refractivity contribution in [1.29, 1.82) is 0 Å². The Labute approximate surface area is 146 Å². The highest BCUT2D eigenvalue weighted by Gasteiger charge is 2.09. The fourth-order valence-electron chi connectivity index (χ4n) is 2.35. The third-order valence-electron chi connectivity index (χ3n) is 3.46. The quantitative estimate of drug-likeness (QED) is 0.760. The molecule has 3 aromatic rings. The Hall–Kier alpha value is -2.37. The van der Waals surface area contributed by atoms with Crippen LogP contribution in [0.25, 0.3) is 10.9 Å². The third-order valence-corrected chi connectivity index (χ3v) is 4.20. The molecule has 0 aliphatic carbocycles. The van der Waals surface area contributed by atoms with Crippen LogP contribution >= 0.6 is 23.2 Å². The highest BCUT2D eigenvalue weighted by Crippen LogP contribution is 2.25. The molecule has 122 valence electrons. The summed E-state index contributed by atoms with van der Waals surface area (Å²) in [6, 6.07) is 9.93. The minimum absolute atomic E-state index is 0.0390. The maximum atomic E-state index is 13.3. The largest absolute Gasteiger partial charge is 0.338 e. The van der Waals surface area contributed by atoms with Gasteiger partial charge in [0, 0.05) is 23.3 Å². The molecule has 0 unspecified atom stereocenters. The summed E-state index contributed by atoms with van der Waals surface area (Å²) in [5.41, 5.74) is 0.685. The Kier molecular flexibility index (Phi) is 4.55. The van der Waals surface area contributed by atoms with Crippen LogP contribution in [0.4, 0.5) is 10.1 Å². The number of nitrogens with zero attached hydrogens (tertiary/aromatic N) is 1. The molecule has 7 heteroatoms. The molecule has 1 N–H and O–H groups in total. The Bertz CT molecular complexity index is 1000. The minimum atomic E-state index is -0.502. The number of nitrogens with one attached hydrogen (secondary N) is 1. The van der Waals surface area contributed by atoms with Gasteiger partial charge >= 0.3 is 0 Å². The standard InChI is InChI=1S/C17H11Cl2FN2O2/c18-13-3-2-11(8-14(13)19)21-17(24)9-22-6-5-16(23)12-7-10(20)1-4-15(12)22/h1-8H,9H2,(H,21,24). The molecular weight excluding hydrogens is 354 g/mol. The minimum Gasteiger partial charge on any atom is -0.338 e. The average Bonchev–Trinajstić information content (AvgIpc) is 2.54. The molecule has 1 amide bonds. The first kappa shape index (κ1) is 16.5. The van der Waals surface area contributed by atoms with Gasteiger partial charge in [-0.05, 0) is 36.4 Å². The molecule has 1 aromatic heterocycles. The van der Waals surface area contributed by atoms with Gasteiger partial charge in [0.25, 0.3) is 0 Å². The van der Waals surface area contributed by atoms with Crippen molar-refractivity contribution in [2.24, 2.45) is 0 Å². The van der Waals surface area contributed by atoms with Crippen LogP contribution in [-0.2, 0) is 11.3 Å². The summed E-state index contributed by atoms with van der Waals surface area (Å²) < 4.78 is 14.9. The van der Waals surface area contributed by atoms with E-state index in [1.54, 1.807) is 22.8 Å². The molecule has 0 aliphatic rings. The zero-order chi connectivity index (χ0) is 17.3. The first-order chi connectivity index (χ1) is 11.4. The number of halogens is 3. The van der Waals surface area contributed by atoms with E-state index in [0.717, 1.165) is 6.07 Å². The number of amides is 1. The van der Waals surface area contributed by atoms with Gasteiger partial charge in [-0.3, -0.25) is 9.59 Å². The predicted molar refractivity (Wildman–Crippen MR) is 93.3 cm³/mol. The lowest BCUT2D eigenvalue weighted by Crippen LogP contribution is -2.20. The van der Waals surface area contributed by atoms with Crippen LogP contribution in [0.15, 0.2) is 53.5 Å². The van der Waals surface area contributed by atoms with Gasteiger partial charge in [-0.1, -0.05) is 23.2 Å². The number of carbonyl (C=O) groups excluding carboxylic acids is 1. The lowest BCUT2D eigenvalue weighted by molar-refractivity contribution is -0.116. The predicted octanol–water partition coefficient (Wildman–Crippen LogP) is 4.09. The molecule has 2 aromatic carbocycles. The van der Waals surface area contributed by atoms with Gasteiger partial charge in [0.2, 0.25) is 5.91 Å². The summed E-state index contributed by atoms with van der Waals surface area (Å²) in [6.07, 6.45) is 1.50. The molecule has 0 spiro atoms. The van der Waals surface area contributed by atoms with Crippen molar-refractivity contribution in [1.82, 2.24) is 4.57 Å². The molecule has 1 heterocycles. The first-order valence-electron chi connectivity index (χ1n) is 6.97. The number of rotatable bonds is 3. The van der Waals surface area contributed by atoms with E-state index in [1.807, 2.05) is 0 Å². The highest BCUT2D eigenvalue weighted by atomic mass is 35.5. The Balaban J connectivity index is 1.87. The second kappa shape index (κ2) is 6.63. The summed E-state index contributed by atoms with van der Waals surface area (Å²) in [4.78, 5) is 24.0. The molecule has 4 nitrogen and oxygen atoms in total. The molecule has 0 saturated carbocycles. The van der Waals surface area contributed by atoms with Crippen molar-refractivity contribution < 1.29 is 9.18 Å². The molecule has 3 rings (SSSR count). The van der Waals surface area contributed by atoms with Gasteiger partial charge in [-0.2, -0.15) is 0 Å². The fourth-order valence-corrected chi connectivity index (χ4v) is 2.65. The average molecular weight is 365 g/mol. The fraction of sp³-hybridized carbons (Fsp3) is 0.0588. The van der Waals surface area contributed by atoms with E-state index in [0.29, 0.717) is 21.2 Å². The van der Waals surface area contributed by atoms with E-state index in [4.69, 9.17) is 23.2 Å². The summed E-state index contributed by atoms with van der Waals surface area (Å²) in [6.45, 7) is -0.0390. The lowest BCUT2D eigenvalue weighted by Gasteiger charge is -2.11. The summed E-state index contributed by atoms with van der Waals surface area (Å²) in [5, 5.41) is 3.64. The summed E-state index contributed by atoms with van der Waals surface area (Å²) >= 11 is 11.7. The molecule has 0 fully saturated rings. The number of hydrogen-bond acceptors (Lipinski definition) is 2. The molecule has 24 heavy (non-hydrogen) atoms. The number of carbonyl (C=O) groups is 1. The van der Waals surface area contributed by atoms with Crippen LogP contribution in [0.1, 0.15) is 0 Å². The van der Waals surface area contributed by atoms with E-state index in [9.17, 15) is 14.0 Å². The highest BCUT2D eigenvalue weighted by molar-refractivity contribution is 6.42. The van der Waals surface area contributed by atoms with Gasteiger partial charge in [-0.15, -0.1) is 0 Å². The van der Waals surface area contributed by atoms with E-state index in [2.05, 4.69) is 5.32 Å². The Morgan fingerprint density at radius 3 is 2.62 bits per heavy atom. The SMILES string of the molecule is O=C(Cn1ccc(=O)c2cc(F)ccc21)Nc1ccc(Cl)c(Cl)c1. The molecule has 0 aliphatic heterocycles. The molecule has 0 saturated heterocycles. The number of benzene rings is 2. The van der Waals surface area contributed by atoms with E-state index >= 15 is 0 Å². The van der Waals surface area contributed by atoms with Crippen LogP contribution < -0.4 is 10.7 Å². The van der Waals surface area contributed by atoms with Crippen molar-refractivity contribution >= 4 is 45.7 Å². The number of pyridine rings is 1. The maximum Gasteiger partial charge on any atom is 0.244 e. The Morgan fingerprint density at radius 1 is 1.08 bits per heavy atom. The van der Waals surface area contributed by atoms with Crippen LogP contribution in [0.5, 0.6) is 0 Å². The van der Waals surface area contributed by atoms with E-state index < -0.39 is 5.82 Å². The van der Waals surface area contributed by atoms with Crippen LogP contribution in [-0.4, -0.2) is 10.5 Å². The van der Waals surface area contributed by atoms with Gasteiger partial charge in [-0.25, -0.2) is 4.39 Å². The number of aromatic nitrogens is 1. The maximum absolute atomic E-state index is 13.3. The molecular formula is C17H11Cl2FN2O2. The van der Waals surface area contributed by atoms with E-state index in [1.165, 1.54) is 24.4 Å². The molecule has 0 atom stereocenters. The van der Waals surface area contributed by atoms with Crippen LogP contribution in [0.2, 0.25) is 10.0 Å². The van der Waals surface area contributed by atoms with Crippen LogP contribution in [0, 0.1) is 5.82 Å². The summed E-state index contributed by atoms with van der Waals surface area (Å²) in [7, 11) is 0. The lowest BCUT2D eigenvalue weighted by atomic mass is 10.2. The topological polar surface area (TPSA) is 51.1 Å². The molecule has 0 bridgehead atoms. The second-order valence-corrected chi connectivity index (χ2v) is 5.96. The second-order valence-electron chi connectivity index (χ2n) is 5.15. The van der Waals surface area contributed by atoms with Crippen molar-refractivity contribution in [3.05, 3.63) is 74.7 Å². The third kappa shape index (κ3) is 3.42. The first-order valence-corrected chi connectivity index (χ1v) is 7.73. The number of fused-ring (bicyclic) bond motifs is 1. The zero-order valence-corrected chi connectivity index (χ0v) is 13.7. The van der Waals surface area contributed by atoms with Gasteiger partial charge < -0.3 is 9.88 Å². The van der Waals surface area contributed by atoms with Gasteiger partial charge in [0.15, 0.2) is 5.43 Å². The van der Waals surface area contributed by atoms with Crippen molar-refractivity contribution in [2.75, 3.05) is 5.32 Å². The monoisotopic (exact) mass is 364 g/mol. The van der Waals surface area contributed by atoms with Crippen LogP contribution in [0.3, 0.4) is 0 Å². The van der Waals surface area contributed by atoms with Gasteiger partial charge in [0.05, 0.1) is 15.6 Å². The van der Waals surface area contributed by atoms with Crippen molar-refractivity contribution in [2.45, 2.75) is 6.54 Å². The normalized spacial score (nSPS) is 10.8. The van der Waals surface area contributed by atoms with Crippen molar-refractivity contribution in [3.63, 3.8) is 0 Å². The van der Waals surface area contributed by atoms with E-state index in [-0.39, 0.29) is 23.3 Å². The van der Waals surface area contributed by atoms with Crippen molar-refractivity contribution in [3.8, 4) is 0 Å². The van der Waals surface area contributed by atoms with Gasteiger partial charge in [0.1, 0.15) is 12.4 Å². The number of anilines is 1. The molecule has 0 radical (unpaired) electrons. The summed E-state index contributed by atoms with van der Waals surface area (Å²) in [5.74, 6) is -0.819. The Morgan fingerprint density at radius 2 is 1.88 bits per heavy atom. The zero-order valence-electron chi connectivity index (χ0n) is 12.2.